The largest absolute Gasteiger partial charge is 0.478 e. The third kappa shape index (κ3) is 3.24. The molecule has 92 valence electrons. The molecule has 0 bridgehead atoms. The topological polar surface area (TPSA) is 50.2 Å². The highest BCUT2D eigenvalue weighted by Crippen LogP contribution is 2.26. The molecule has 1 aromatic heterocycles. The Bertz CT molecular complexity index is 560. The summed E-state index contributed by atoms with van der Waals surface area (Å²) < 4.78 is 0. The first kappa shape index (κ1) is 12.9. The second-order valence-electron chi connectivity index (χ2n) is 3.60. The molecule has 0 aliphatic rings. The lowest BCUT2D eigenvalue weighted by atomic mass is 10.2. The summed E-state index contributed by atoms with van der Waals surface area (Å²) in [6, 6.07) is 8.87. The molecular weight excluding hydrogens is 270 g/mol. The molecule has 1 heterocycles. The highest BCUT2D eigenvalue weighted by atomic mass is 35.5. The Labute approximate surface area is 114 Å². The van der Waals surface area contributed by atoms with E-state index >= 15 is 0 Å². The molecule has 0 radical (unpaired) electrons. The van der Waals surface area contributed by atoms with Crippen molar-refractivity contribution in [3.05, 3.63) is 58.9 Å². The summed E-state index contributed by atoms with van der Waals surface area (Å²) in [6.07, 6.45) is 3.51. The van der Waals surface area contributed by atoms with E-state index in [-0.39, 0.29) is 10.6 Å². The SMILES string of the molecule is O=C(O)c1cc(SCc2cccnc2)ccc1Cl. The van der Waals surface area contributed by atoms with Crippen molar-refractivity contribution < 1.29 is 9.90 Å². The van der Waals surface area contributed by atoms with Gasteiger partial charge in [-0.15, -0.1) is 11.8 Å². The molecule has 0 aliphatic heterocycles. The fourth-order valence-electron chi connectivity index (χ4n) is 1.41. The van der Waals surface area contributed by atoms with Crippen LogP contribution in [-0.4, -0.2) is 16.1 Å². The monoisotopic (exact) mass is 279 g/mol. The van der Waals surface area contributed by atoms with Crippen molar-refractivity contribution in [2.75, 3.05) is 0 Å². The van der Waals surface area contributed by atoms with Gasteiger partial charge in [-0.3, -0.25) is 4.98 Å². The van der Waals surface area contributed by atoms with Crippen LogP contribution in [0.4, 0.5) is 0 Å². The molecule has 1 N–H and O–H groups in total. The van der Waals surface area contributed by atoms with Crippen LogP contribution in [0, 0.1) is 0 Å². The Balaban J connectivity index is 2.11. The van der Waals surface area contributed by atoms with Gasteiger partial charge in [0.1, 0.15) is 0 Å². The van der Waals surface area contributed by atoms with Gasteiger partial charge in [0.15, 0.2) is 0 Å². The maximum Gasteiger partial charge on any atom is 0.337 e. The predicted octanol–water partition coefficient (Wildman–Crippen LogP) is 3.73. The molecule has 0 amide bonds. The lowest BCUT2D eigenvalue weighted by Crippen LogP contribution is -1.97. The maximum absolute atomic E-state index is 10.9. The lowest BCUT2D eigenvalue weighted by Gasteiger charge is -2.04. The smallest absolute Gasteiger partial charge is 0.337 e. The molecule has 1 aromatic carbocycles. The van der Waals surface area contributed by atoms with E-state index in [1.54, 1.807) is 36.3 Å². The number of thioether (sulfide) groups is 1. The molecule has 0 saturated heterocycles. The van der Waals surface area contributed by atoms with Crippen molar-refractivity contribution in [1.82, 2.24) is 4.98 Å². The summed E-state index contributed by atoms with van der Waals surface area (Å²) in [7, 11) is 0. The Morgan fingerprint density at radius 1 is 1.39 bits per heavy atom. The number of carboxylic acids is 1. The van der Waals surface area contributed by atoms with Gasteiger partial charge in [-0.25, -0.2) is 4.79 Å². The molecule has 0 atom stereocenters. The number of carbonyl (C=O) groups is 1. The van der Waals surface area contributed by atoms with E-state index in [1.807, 2.05) is 18.2 Å². The first-order valence-electron chi connectivity index (χ1n) is 5.21. The van der Waals surface area contributed by atoms with Gasteiger partial charge in [0.25, 0.3) is 0 Å². The standard InChI is InChI=1S/C13H10ClNO2S/c14-12-4-3-10(6-11(12)13(16)17)18-8-9-2-1-5-15-7-9/h1-7H,8H2,(H,16,17). The van der Waals surface area contributed by atoms with E-state index < -0.39 is 5.97 Å². The highest BCUT2D eigenvalue weighted by molar-refractivity contribution is 7.98. The van der Waals surface area contributed by atoms with Gasteiger partial charge < -0.3 is 5.11 Å². The maximum atomic E-state index is 10.9. The number of rotatable bonds is 4. The molecule has 0 fully saturated rings. The Morgan fingerprint density at radius 3 is 2.89 bits per heavy atom. The third-order valence-electron chi connectivity index (χ3n) is 2.30. The summed E-state index contributed by atoms with van der Waals surface area (Å²) in [5.74, 6) is -0.266. The predicted molar refractivity (Wildman–Crippen MR) is 72.2 cm³/mol. The third-order valence-corrected chi connectivity index (χ3v) is 3.69. The fourth-order valence-corrected chi connectivity index (χ4v) is 2.48. The van der Waals surface area contributed by atoms with Crippen LogP contribution in [0.3, 0.4) is 0 Å². The molecule has 2 aromatic rings. The molecule has 0 saturated carbocycles. The minimum Gasteiger partial charge on any atom is -0.478 e. The second kappa shape index (κ2) is 5.89. The minimum absolute atomic E-state index is 0.132. The quantitative estimate of drug-likeness (QED) is 0.867. The normalized spacial score (nSPS) is 10.3. The van der Waals surface area contributed by atoms with Crippen molar-refractivity contribution in [3.63, 3.8) is 0 Å². The first-order chi connectivity index (χ1) is 8.66. The molecule has 2 rings (SSSR count). The summed E-state index contributed by atoms with van der Waals surface area (Å²) >= 11 is 7.36. The number of carboxylic acid groups (broad SMARTS) is 1. The van der Waals surface area contributed by atoms with Gasteiger partial charge in [-0.1, -0.05) is 17.7 Å². The van der Waals surface area contributed by atoms with Gasteiger partial charge in [-0.2, -0.15) is 0 Å². The van der Waals surface area contributed by atoms with E-state index in [9.17, 15) is 4.79 Å². The van der Waals surface area contributed by atoms with Gasteiger partial charge in [0.2, 0.25) is 0 Å². The zero-order valence-corrected chi connectivity index (χ0v) is 10.9. The zero-order valence-electron chi connectivity index (χ0n) is 9.34. The molecule has 5 heteroatoms. The van der Waals surface area contributed by atoms with Crippen LogP contribution in [0.15, 0.2) is 47.6 Å². The Hall–Kier alpha value is -1.52. The van der Waals surface area contributed by atoms with Crippen LogP contribution in [-0.2, 0) is 5.75 Å². The summed E-state index contributed by atoms with van der Waals surface area (Å²) in [4.78, 5) is 15.8. The number of halogens is 1. The molecule has 18 heavy (non-hydrogen) atoms. The van der Waals surface area contributed by atoms with E-state index in [0.29, 0.717) is 0 Å². The summed E-state index contributed by atoms with van der Waals surface area (Å²) in [5, 5.41) is 9.23. The van der Waals surface area contributed by atoms with Gasteiger partial charge in [-0.05, 0) is 29.8 Å². The van der Waals surface area contributed by atoms with Crippen LogP contribution in [0.2, 0.25) is 5.02 Å². The van der Waals surface area contributed by atoms with Crippen LogP contribution >= 0.6 is 23.4 Å². The average Bonchev–Trinajstić information content (AvgIpc) is 2.38. The fraction of sp³-hybridized carbons (Fsp3) is 0.0769. The number of hydrogen-bond donors (Lipinski definition) is 1. The first-order valence-corrected chi connectivity index (χ1v) is 6.58. The van der Waals surface area contributed by atoms with E-state index in [2.05, 4.69) is 4.98 Å². The number of nitrogens with zero attached hydrogens (tertiary/aromatic N) is 1. The van der Waals surface area contributed by atoms with Gasteiger partial charge in [0, 0.05) is 23.0 Å². The molecule has 0 spiro atoms. The zero-order chi connectivity index (χ0) is 13.0. The van der Waals surface area contributed by atoms with Crippen LogP contribution in [0.25, 0.3) is 0 Å². The number of aromatic carboxylic acids is 1. The highest BCUT2D eigenvalue weighted by Gasteiger charge is 2.09. The van der Waals surface area contributed by atoms with Crippen molar-refractivity contribution in [3.8, 4) is 0 Å². The van der Waals surface area contributed by atoms with Crippen molar-refractivity contribution >= 4 is 29.3 Å². The van der Waals surface area contributed by atoms with Crippen molar-refractivity contribution in [2.45, 2.75) is 10.6 Å². The molecular formula is C13H10ClNO2S. The summed E-state index contributed by atoms with van der Waals surface area (Å²) in [5.41, 5.74) is 1.22. The Morgan fingerprint density at radius 2 is 2.22 bits per heavy atom. The number of pyridine rings is 1. The summed E-state index contributed by atoms with van der Waals surface area (Å²) in [6.45, 7) is 0. The average molecular weight is 280 g/mol. The minimum atomic E-state index is -1.01. The van der Waals surface area contributed by atoms with E-state index in [4.69, 9.17) is 16.7 Å². The van der Waals surface area contributed by atoms with Crippen LogP contribution in [0.1, 0.15) is 15.9 Å². The molecule has 3 nitrogen and oxygen atoms in total. The molecule has 0 unspecified atom stereocenters. The number of benzene rings is 1. The second-order valence-corrected chi connectivity index (χ2v) is 5.05. The van der Waals surface area contributed by atoms with Gasteiger partial charge in [0.05, 0.1) is 10.6 Å². The van der Waals surface area contributed by atoms with Crippen molar-refractivity contribution in [2.24, 2.45) is 0 Å². The number of hydrogen-bond acceptors (Lipinski definition) is 3. The van der Waals surface area contributed by atoms with Gasteiger partial charge >= 0.3 is 5.97 Å². The molecule has 0 aliphatic carbocycles. The van der Waals surface area contributed by atoms with E-state index in [0.717, 1.165) is 16.2 Å². The number of aromatic nitrogens is 1. The van der Waals surface area contributed by atoms with E-state index in [1.165, 1.54) is 0 Å². The Kier molecular flexibility index (Phi) is 4.23. The van der Waals surface area contributed by atoms with Crippen LogP contribution in [0.5, 0.6) is 0 Å². The lowest BCUT2D eigenvalue weighted by molar-refractivity contribution is 0.0697. The van der Waals surface area contributed by atoms with Crippen LogP contribution < -0.4 is 0 Å². The van der Waals surface area contributed by atoms with Crippen molar-refractivity contribution in [1.29, 1.82) is 0 Å².